The standard InChI is InChI=1S/C28H33N9O2/c38-28(32-23-5-8-29-9-6-23)31-22-3-1-21(2-4-22)25-33-26-24(27(34-25)37-17-19-39-20-18-37)7-12-36(26)16-15-35-13-10-30-11-14-35/h1-9,12,30H,10-11,13-20H2,(H2,29,31,32,38). The van der Waals surface area contributed by atoms with Crippen LogP contribution in [0.2, 0.25) is 0 Å². The number of pyridine rings is 1. The topological polar surface area (TPSA) is 112 Å². The van der Waals surface area contributed by atoms with Crippen molar-refractivity contribution in [1.29, 1.82) is 0 Å². The van der Waals surface area contributed by atoms with Crippen LogP contribution in [0.25, 0.3) is 22.4 Å². The van der Waals surface area contributed by atoms with Crippen LogP contribution in [-0.2, 0) is 11.3 Å². The molecular weight excluding hydrogens is 494 g/mol. The van der Waals surface area contributed by atoms with Gasteiger partial charge in [0.2, 0.25) is 0 Å². The summed E-state index contributed by atoms with van der Waals surface area (Å²) in [5.41, 5.74) is 3.19. The third kappa shape index (κ3) is 6.00. The van der Waals surface area contributed by atoms with E-state index in [1.165, 1.54) is 0 Å². The molecule has 6 rings (SSSR count). The normalized spacial score (nSPS) is 16.4. The molecule has 0 bridgehead atoms. The Morgan fingerprint density at radius 2 is 1.59 bits per heavy atom. The van der Waals surface area contributed by atoms with E-state index in [1.54, 1.807) is 24.5 Å². The largest absolute Gasteiger partial charge is 0.378 e. The van der Waals surface area contributed by atoms with E-state index in [-0.39, 0.29) is 6.03 Å². The van der Waals surface area contributed by atoms with Gasteiger partial charge in [0.05, 0.1) is 18.6 Å². The molecule has 0 unspecified atom stereocenters. The van der Waals surface area contributed by atoms with Crippen LogP contribution in [0.1, 0.15) is 0 Å². The minimum absolute atomic E-state index is 0.316. The van der Waals surface area contributed by atoms with E-state index in [1.807, 2.05) is 24.3 Å². The highest BCUT2D eigenvalue weighted by atomic mass is 16.5. The number of morpholine rings is 1. The Hall–Kier alpha value is -4.06. The van der Waals surface area contributed by atoms with E-state index in [9.17, 15) is 4.79 Å². The summed E-state index contributed by atoms with van der Waals surface area (Å²) in [5, 5.41) is 10.1. The summed E-state index contributed by atoms with van der Waals surface area (Å²) >= 11 is 0. The number of piperazine rings is 1. The summed E-state index contributed by atoms with van der Waals surface area (Å²) < 4.78 is 7.84. The smallest absolute Gasteiger partial charge is 0.323 e. The van der Waals surface area contributed by atoms with Gasteiger partial charge in [0.25, 0.3) is 0 Å². The first kappa shape index (κ1) is 25.2. The molecule has 3 aromatic heterocycles. The Kier molecular flexibility index (Phi) is 7.61. The first-order chi connectivity index (χ1) is 19.2. The molecule has 11 heteroatoms. The van der Waals surface area contributed by atoms with E-state index in [0.717, 1.165) is 74.8 Å². The highest BCUT2D eigenvalue weighted by Gasteiger charge is 2.20. The number of nitrogens with zero attached hydrogens (tertiary/aromatic N) is 6. The maximum absolute atomic E-state index is 12.4. The van der Waals surface area contributed by atoms with Crippen molar-refractivity contribution in [3.05, 3.63) is 61.1 Å². The predicted molar refractivity (Wildman–Crippen MR) is 152 cm³/mol. The molecule has 3 N–H and O–H groups in total. The minimum Gasteiger partial charge on any atom is -0.378 e. The van der Waals surface area contributed by atoms with Crippen LogP contribution < -0.4 is 20.9 Å². The number of anilines is 3. The van der Waals surface area contributed by atoms with Gasteiger partial charge >= 0.3 is 6.03 Å². The zero-order valence-corrected chi connectivity index (χ0v) is 21.8. The van der Waals surface area contributed by atoms with Crippen LogP contribution in [0, 0.1) is 0 Å². The van der Waals surface area contributed by atoms with Crippen molar-refractivity contribution in [2.45, 2.75) is 6.54 Å². The fourth-order valence-corrected chi connectivity index (χ4v) is 4.99. The zero-order chi connectivity index (χ0) is 26.4. The van der Waals surface area contributed by atoms with Crippen molar-refractivity contribution < 1.29 is 9.53 Å². The first-order valence-electron chi connectivity index (χ1n) is 13.4. The van der Waals surface area contributed by atoms with Crippen molar-refractivity contribution in [3.8, 4) is 11.4 Å². The number of benzene rings is 1. The number of carbonyl (C=O) groups is 1. The molecule has 2 amide bonds. The van der Waals surface area contributed by atoms with Crippen molar-refractivity contribution in [2.75, 3.05) is 74.6 Å². The van der Waals surface area contributed by atoms with E-state index in [2.05, 4.69) is 47.6 Å². The number of amides is 2. The maximum Gasteiger partial charge on any atom is 0.323 e. The molecule has 2 aliphatic heterocycles. The number of aromatic nitrogens is 4. The number of hydrogen-bond donors (Lipinski definition) is 3. The molecule has 0 spiro atoms. The van der Waals surface area contributed by atoms with Crippen LogP contribution in [0.15, 0.2) is 61.1 Å². The van der Waals surface area contributed by atoms with Crippen LogP contribution in [0.3, 0.4) is 0 Å². The number of rotatable bonds is 7. The predicted octanol–water partition coefficient (Wildman–Crippen LogP) is 2.88. The molecule has 39 heavy (non-hydrogen) atoms. The minimum atomic E-state index is -0.316. The molecule has 5 heterocycles. The van der Waals surface area contributed by atoms with Gasteiger partial charge in [-0.15, -0.1) is 0 Å². The second kappa shape index (κ2) is 11.8. The molecule has 202 valence electrons. The van der Waals surface area contributed by atoms with Gasteiger partial charge in [0.1, 0.15) is 11.5 Å². The van der Waals surface area contributed by atoms with Crippen molar-refractivity contribution in [3.63, 3.8) is 0 Å². The van der Waals surface area contributed by atoms with Crippen molar-refractivity contribution in [1.82, 2.24) is 29.7 Å². The summed E-state index contributed by atoms with van der Waals surface area (Å²) in [6, 6.07) is 12.9. The molecule has 2 saturated heterocycles. The van der Waals surface area contributed by atoms with Gasteiger partial charge in [0, 0.05) is 87.9 Å². The lowest BCUT2D eigenvalue weighted by Crippen LogP contribution is -2.44. The molecule has 0 radical (unpaired) electrons. The van der Waals surface area contributed by atoms with Crippen LogP contribution in [0.4, 0.5) is 22.0 Å². The highest BCUT2D eigenvalue weighted by Crippen LogP contribution is 2.29. The number of fused-ring (bicyclic) bond motifs is 1. The fraction of sp³-hybridized carbons (Fsp3) is 0.357. The Bertz CT molecular complexity index is 1400. The second-order valence-electron chi connectivity index (χ2n) is 9.70. The maximum atomic E-state index is 12.4. The highest BCUT2D eigenvalue weighted by molar-refractivity contribution is 5.99. The Morgan fingerprint density at radius 3 is 2.33 bits per heavy atom. The Balaban J connectivity index is 1.25. The average Bonchev–Trinajstić information content (AvgIpc) is 3.40. The van der Waals surface area contributed by atoms with Crippen LogP contribution in [0.5, 0.6) is 0 Å². The lowest BCUT2D eigenvalue weighted by Gasteiger charge is -2.29. The summed E-state index contributed by atoms with van der Waals surface area (Å²) in [6.07, 6.45) is 5.39. The molecule has 1 aromatic carbocycles. The second-order valence-corrected chi connectivity index (χ2v) is 9.70. The Labute approximate surface area is 227 Å². The van der Waals surface area contributed by atoms with E-state index in [4.69, 9.17) is 14.7 Å². The van der Waals surface area contributed by atoms with Gasteiger partial charge in [-0.3, -0.25) is 9.88 Å². The average molecular weight is 528 g/mol. The van der Waals surface area contributed by atoms with Crippen molar-refractivity contribution >= 4 is 34.3 Å². The molecule has 4 aromatic rings. The van der Waals surface area contributed by atoms with Gasteiger partial charge < -0.3 is 30.2 Å². The van der Waals surface area contributed by atoms with Crippen LogP contribution >= 0.6 is 0 Å². The first-order valence-corrected chi connectivity index (χ1v) is 13.4. The molecule has 2 aliphatic rings. The van der Waals surface area contributed by atoms with Gasteiger partial charge in [-0.1, -0.05) is 0 Å². The molecule has 0 saturated carbocycles. The number of urea groups is 1. The molecular formula is C28H33N9O2. The summed E-state index contributed by atoms with van der Waals surface area (Å²) in [7, 11) is 0. The van der Waals surface area contributed by atoms with Crippen LogP contribution in [-0.4, -0.2) is 89.5 Å². The number of ether oxygens (including phenoxy) is 1. The lowest BCUT2D eigenvalue weighted by atomic mass is 10.2. The van der Waals surface area contributed by atoms with Gasteiger partial charge in [-0.05, 0) is 42.5 Å². The van der Waals surface area contributed by atoms with Gasteiger partial charge in [-0.2, -0.15) is 0 Å². The number of hydrogen-bond acceptors (Lipinski definition) is 8. The van der Waals surface area contributed by atoms with E-state index >= 15 is 0 Å². The van der Waals surface area contributed by atoms with E-state index < -0.39 is 0 Å². The summed E-state index contributed by atoms with van der Waals surface area (Å²) in [5.74, 6) is 1.61. The van der Waals surface area contributed by atoms with Gasteiger partial charge in [-0.25, -0.2) is 14.8 Å². The Morgan fingerprint density at radius 1 is 0.872 bits per heavy atom. The SMILES string of the molecule is O=C(Nc1ccncc1)Nc1ccc(-c2nc(N3CCOCC3)c3ccn(CCN4CCNCC4)c3n2)cc1. The fourth-order valence-electron chi connectivity index (χ4n) is 4.99. The third-order valence-corrected chi connectivity index (χ3v) is 7.12. The monoisotopic (exact) mass is 527 g/mol. The zero-order valence-electron chi connectivity index (χ0n) is 21.8. The molecule has 0 atom stereocenters. The summed E-state index contributed by atoms with van der Waals surface area (Å²) in [4.78, 5) is 31.2. The van der Waals surface area contributed by atoms with E-state index in [0.29, 0.717) is 30.4 Å². The lowest BCUT2D eigenvalue weighted by molar-refractivity contribution is 0.122. The number of nitrogens with one attached hydrogen (secondary N) is 3. The molecule has 2 fully saturated rings. The quantitative estimate of drug-likeness (QED) is 0.336. The summed E-state index contributed by atoms with van der Waals surface area (Å²) in [6.45, 7) is 9.04. The molecule has 11 nitrogen and oxygen atoms in total. The molecule has 0 aliphatic carbocycles. The van der Waals surface area contributed by atoms with Gasteiger partial charge in [0.15, 0.2) is 5.82 Å². The third-order valence-electron chi connectivity index (χ3n) is 7.12. The number of carbonyl (C=O) groups excluding carboxylic acids is 1. The van der Waals surface area contributed by atoms with Crippen molar-refractivity contribution in [2.24, 2.45) is 0 Å².